The molecule has 1 atom stereocenters. The van der Waals surface area contributed by atoms with Gasteiger partial charge < -0.3 is 15.2 Å². The lowest BCUT2D eigenvalue weighted by Gasteiger charge is -2.18. The van der Waals surface area contributed by atoms with E-state index in [1.54, 1.807) is 7.11 Å². The van der Waals surface area contributed by atoms with Gasteiger partial charge >= 0.3 is 0 Å². The molecule has 0 radical (unpaired) electrons. The molecule has 1 unspecified atom stereocenters. The van der Waals surface area contributed by atoms with Crippen molar-refractivity contribution in [1.82, 2.24) is 0 Å². The number of nitrogens with one attached hydrogen (secondary N) is 1. The molecule has 0 spiro atoms. The number of ether oxygens (including phenoxy) is 1. The SMILES string of the molecule is COc1ccc(C)cc1C(O)CNc1c(C)cccc1Cl. The molecule has 0 heterocycles. The summed E-state index contributed by atoms with van der Waals surface area (Å²) in [6.07, 6.45) is -0.671. The second-order valence-corrected chi connectivity index (χ2v) is 5.48. The molecule has 112 valence electrons. The van der Waals surface area contributed by atoms with Crippen molar-refractivity contribution < 1.29 is 9.84 Å². The second-order valence-electron chi connectivity index (χ2n) is 5.07. The Kier molecular flexibility index (Phi) is 5.10. The number of aliphatic hydroxyl groups is 1. The number of aliphatic hydroxyl groups excluding tert-OH is 1. The van der Waals surface area contributed by atoms with Crippen LogP contribution in [-0.2, 0) is 0 Å². The van der Waals surface area contributed by atoms with Gasteiger partial charge in [-0.25, -0.2) is 0 Å². The van der Waals surface area contributed by atoms with Crippen LogP contribution in [0.1, 0.15) is 22.8 Å². The molecule has 2 rings (SSSR count). The molecule has 0 aliphatic carbocycles. The average Bonchev–Trinajstić information content (AvgIpc) is 2.46. The number of aryl methyl sites for hydroxylation is 2. The summed E-state index contributed by atoms with van der Waals surface area (Å²) in [4.78, 5) is 0. The maximum absolute atomic E-state index is 10.4. The van der Waals surface area contributed by atoms with Gasteiger partial charge in [-0.1, -0.05) is 35.4 Å². The molecule has 0 aromatic heterocycles. The molecule has 2 aromatic carbocycles. The molecule has 4 heteroatoms. The van der Waals surface area contributed by atoms with Crippen molar-refractivity contribution in [2.24, 2.45) is 0 Å². The Bertz CT molecular complexity index is 608. The van der Waals surface area contributed by atoms with Crippen LogP contribution in [0.25, 0.3) is 0 Å². The summed E-state index contributed by atoms with van der Waals surface area (Å²) >= 11 is 6.17. The van der Waals surface area contributed by atoms with Crippen molar-refractivity contribution in [3.05, 3.63) is 58.1 Å². The van der Waals surface area contributed by atoms with Gasteiger partial charge in [0.1, 0.15) is 5.75 Å². The highest BCUT2D eigenvalue weighted by Crippen LogP contribution is 2.29. The fraction of sp³-hybridized carbons (Fsp3) is 0.294. The summed E-state index contributed by atoms with van der Waals surface area (Å²) in [7, 11) is 1.60. The summed E-state index contributed by atoms with van der Waals surface area (Å²) in [5.41, 5.74) is 3.75. The van der Waals surface area contributed by atoms with E-state index in [9.17, 15) is 5.11 Å². The van der Waals surface area contributed by atoms with Crippen LogP contribution in [0.4, 0.5) is 5.69 Å². The Labute approximate surface area is 130 Å². The van der Waals surface area contributed by atoms with E-state index in [2.05, 4.69) is 5.32 Å². The monoisotopic (exact) mass is 305 g/mol. The predicted octanol–water partition coefficient (Wildman–Crippen LogP) is 4.11. The minimum absolute atomic E-state index is 0.365. The first kappa shape index (κ1) is 15.7. The van der Waals surface area contributed by atoms with Crippen LogP contribution in [0.2, 0.25) is 5.02 Å². The Morgan fingerprint density at radius 3 is 2.67 bits per heavy atom. The van der Waals surface area contributed by atoms with Crippen LogP contribution in [0.3, 0.4) is 0 Å². The first-order chi connectivity index (χ1) is 10.0. The minimum atomic E-state index is -0.671. The van der Waals surface area contributed by atoms with E-state index >= 15 is 0 Å². The zero-order valence-electron chi connectivity index (χ0n) is 12.5. The zero-order valence-corrected chi connectivity index (χ0v) is 13.2. The van der Waals surface area contributed by atoms with Gasteiger partial charge in [-0.05, 0) is 37.6 Å². The molecule has 0 fully saturated rings. The van der Waals surface area contributed by atoms with Crippen molar-refractivity contribution in [1.29, 1.82) is 0 Å². The molecule has 0 aliphatic heterocycles. The molecule has 3 nitrogen and oxygen atoms in total. The lowest BCUT2D eigenvalue weighted by atomic mass is 10.0. The van der Waals surface area contributed by atoms with Crippen LogP contribution in [0, 0.1) is 13.8 Å². The van der Waals surface area contributed by atoms with Crippen LogP contribution < -0.4 is 10.1 Å². The summed E-state index contributed by atoms with van der Waals surface area (Å²) in [6, 6.07) is 11.5. The Morgan fingerprint density at radius 2 is 2.00 bits per heavy atom. The van der Waals surface area contributed by atoms with E-state index in [1.807, 2.05) is 50.2 Å². The zero-order chi connectivity index (χ0) is 15.4. The predicted molar refractivity (Wildman–Crippen MR) is 87.4 cm³/mol. The normalized spacial score (nSPS) is 12.0. The molecule has 0 aliphatic rings. The maximum atomic E-state index is 10.4. The van der Waals surface area contributed by atoms with E-state index < -0.39 is 6.10 Å². The van der Waals surface area contributed by atoms with Crippen LogP contribution in [-0.4, -0.2) is 18.8 Å². The first-order valence-electron chi connectivity index (χ1n) is 6.84. The number of rotatable bonds is 5. The molecule has 2 aromatic rings. The Balaban J connectivity index is 2.15. The summed E-state index contributed by atoms with van der Waals surface area (Å²) in [5, 5.41) is 14.3. The van der Waals surface area contributed by atoms with E-state index in [0.717, 1.165) is 22.4 Å². The minimum Gasteiger partial charge on any atom is -0.496 e. The van der Waals surface area contributed by atoms with Gasteiger partial charge in [0.05, 0.1) is 23.9 Å². The summed E-state index contributed by atoms with van der Waals surface area (Å²) in [6.45, 7) is 4.33. The second kappa shape index (κ2) is 6.83. The average molecular weight is 306 g/mol. The fourth-order valence-corrected chi connectivity index (χ4v) is 2.57. The molecule has 21 heavy (non-hydrogen) atoms. The molecular weight excluding hydrogens is 286 g/mol. The van der Waals surface area contributed by atoms with Gasteiger partial charge in [0.15, 0.2) is 0 Å². The summed E-state index contributed by atoms with van der Waals surface area (Å²) in [5.74, 6) is 0.686. The van der Waals surface area contributed by atoms with Crippen LogP contribution >= 0.6 is 11.6 Å². The van der Waals surface area contributed by atoms with Crippen molar-refractivity contribution in [3.8, 4) is 5.75 Å². The van der Waals surface area contributed by atoms with Gasteiger partial charge in [0.25, 0.3) is 0 Å². The third kappa shape index (κ3) is 3.69. The van der Waals surface area contributed by atoms with Gasteiger partial charge in [0, 0.05) is 12.1 Å². The quantitative estimate of drug-likeness (QED) is 0.873. The first-order valence-corrected chi connectivity index (χ1v) is 7.22. The standard InChI is InChI=1S/C17H20ClNO2/c1-11-7-8-16(21-3)13(9-11)15(20)10-19-17-12(2)5-4-6-14(17)18/h4-9,15,19-20H,10H2,1-3H3. The van der Waals surface area contributed by atoms with Gasteiger partial charge in [-0.2, -0.15) is 0 Å². The number of para-hydroxylation sites is 1. The highest BCUT2D eigenvalue weighted by Gasteiger charge is 2.14. The number of methoxy groups -OCH3 is 1. The third-order valence-electron chi connectivity index (χ3n) is 3.44. The maximum Gasteiger partial charge on any atom is 0.124 e. The van der Waals surface area contributed by atoms with Crippen LogP contribution in [0.5, 0.6) is 5.75 Å². The van der Waals surface area contributed by atoms with Crippen molar-refractivity contribution in [3.63, 3.8) is 0 Å². The lowest BCUT2D eigenvalue weighted by Crippen LogP contribution is -2.14. The highest BCUT2D eigenvalue weighted by molar-refractivity contribution is 6.33. The number of benzene rings is 2. The van der Waals surface area contributed by atoms with Crippen molar-refractivity contribution in [2.45, 2.75) is 20.0 Å². The van der Waals surface area contributed by atoms with E-state index in [-0.39, 0.29) is 0 Å². The highest BCUT2D eigenvalue weighted by atomic mass is 35.5. The molecule has 0 bridgehead atoms. The molecule has 2 N–H and O–H groups in total. The third-order valence-corrected chi connectivity index (χ3v) is 3.75. The van der Waals surface area contributed by atoms with Crippen molar-refractivity contribution in [2.75, 3.05) is 19.0 Å². The van der Waals surface area contributed by atoms with Gasteiger partial charge in [-0.15, -0.1) is 0 Å². The molecule has 0 amide bonds. The number of hydrogen-bond acceptors (Lipinski definition) is 3. The molecule has 0 saturated heterocycles. The number of halogens is 1. The largest absolute Gasteiger partial charge is 0.496 e. The number of hydrogen-bond donors (Lipinski definition) is 2. The van der Waals surface area contributed by atoms with Gasteiger partial charge in [0.2, 0.25) is 0 Å². The van der Waals surface area contributed by atoms with E-state index in [0.29, 0.717) is 17.3 Å². The van der Waals surface area contributed by atoms with Crippen molar-refractivity contribution >= 4 is 17.3 Å². The Hall–Kier alpha value is -1.71. The fourth-order valence-electron chi connectivity index (χ4n) is 2.28. The lowest BCUT2D eigenvalue weighted by molar-refractivity contribution is 0.187. The molecule has 0 saturated carbocycles. The topological polar surface area (TPSA) is 41.5 Å². The number of anilines is 1. The summed E-state index contributed by atoms with van der Waals surface area (Å²) < 4.78 is 5.31. The van der Waals surface area contributed by atoms with E-state index in [4.69, 9.17) is 16.3 Å². The Morgan fingerprint density at radius 1 is 1.24 bits per heavy atom. The molecular formula is C17H20ClNO2. The van der Waals surface area contributed by atoms with E-state index in [1.165, 1.54) is 0 Å². The van der Waals surface area contributed by atoms with Crippen LogP contribution in [0.15, 0.2) is 36.4 Å². The van der Waals surface area contributed by atoms with Gasteiger partial charge in [-0.3, -0.25) is 0 Å². The smallest absolute Gasteiger partial charge is 0.124 e.